The number of fused-ring (bicyclic) bond motifs is 1. The third-order valence-corrected chi connectivity index (χ3v) is 3.91. The summed E-state index contributed by atoms with van der Waals surface area (Å²) in [5, 5.41) is 0. The van der Waals surface area contributed by atoms with Gasteiger partial charge in [0.2, 0.25) is 0 Å². The summed E-state index contributed by atoms with van der Waals surface area (Å²) in [7, 11) is 1.47. The van der Waals surface area contributed by atoms with Gasteiger partial charge in [-0.05, 0) is 17.7 Å². The maximum atomic E-state index is 14.0. The van der Waals surface area contributed by atoms with Crippen LogP contribution in [-0.4, -0.2) is 25.1 Å². The third-order valence-electron chi connectivity index (χ3n) is 3.91. The summed E-state index contributed by atoms with van der Waals surface area (Å²) in [6, 6.07) is 4.69. The van der Waals surface area contributed by atoms with Gasteiger partial charge in [0.1, 0.15) is 17.2 Å². The molecular formula is C16H14F4N2O3. The van der Waals surface area contributed by atoms with Crippen molar-refractivity contribution in [3.05, 3.63) is 47.5 Å². The normalized spacial score (nSPS) is 19.8. The van der Waals surface area contributed by atoms with Crippen LogP contribution in [-0.2, 0) is 5.54 Å². The fraction of sp³-hybridized carbons (Fsp3) is 0.312. The molecule has 0 amide bonds. The fourth-order valence-corrected chi connectivity index (χ4v) is 2.69. The molecule has 1 aliphatic heterocycles. The molecule has 0 radical (unpaired) electrons. The summed E-state index contributed by atoms with van der Waals surface area (Å²) in [4.78, 5) is 4.22. The van der Waals surface area contributed by atoms with E-state index in [9.17, 15) is 17.6 Å². The molecule has 25 heavy (non-hydrogen) atoms. The number of methoxy groups -OCH3 is 1. The van der Waals surface area contributed by atoms with E-state index in [0.29, 0.717) is 17.2 Å². The lowest BCUT2D eigenvalue weighted by Gasteiger charge is -2.35. The predicted octanol–water partition coefficient (Wildman–Crippen LogP) is 3.11. The van der Waals surface area contributed by atoms with Gasteiger partial charge in [-0.25, -0.2) is 4.39 Å². The van der Waals surface area contributed by atoms with Gasteiger partial charge in [-0.2, -0.15) is 0 Å². The lowest BCUT2D eigenvalue weighted by Crippen LogP contribution is -2.43. The monoisotopic (exact) mass is 358 g/mol. The van der Waals surface area contributed by atoms with Gasteiger partial charge in [0.15, 0.2) is 11.6 Å². The van der Waals surface area contributed by atoms with E-state index in [1.54, 1.807) is 6.07 Å². The number of pyridine rings is 1. The van der Waals surface area contributed by atoms with Crippen molar-refractivity contribution in [3.63, 3.8) is 0 Å². The highest BCUT2D eigenvalue weighted by Gasteiger charge is 2.39. The van der Waals surface area contributed by atoms with E-state index in [4.69, 9.17) is 15.2 Å². The van der Waals surface area contributed by atoms with Gasteiger partial charge in [-0.3, -0.25) is 4.98 Å². The lowest BCUT2D eigenvalue weighted by molar-refractivity contribution is -0.275. The van der Waals surface area contributed by atoms with Gasteiger partial charge in [0.25, 0.3) is 0 Å². The number of ether oxygens (including phenoxy) is 3. The zero-order chi connectivity index (χ0) is 18.2. The maximum absolute atomic E-state index is 14.0. The van der Waals surface area contributed by atoms with Gasteiger partial charge in [0.05, 0.1) is 25.5 Å². The Bertz CT molecular complexity index is 797. The molecule has 0 spiro atoms. The van der Waals surface area contributed by atoms with Crippen molar-refractivity contribution in [1.82, 2.24) is 4.98 Å². The molecule has 0 saturated carbocycles. The highest BCUT2D eigenvalue weighted by atomic mass is 19.4. The average Bonchev–Trinajstić information content (AvgIpc) is 2.55. The Kier molecular flexibility index (Phi) is 4.19. The molecule has 3 rings (SSSR count). The highest BCUT2D eigenvalue weighted by Crippen LogP contribution is 2.41. The molecule has 1 aromatic heterocycles. The van der Waals surface area contributed by atoms with Gasteiger partial charge in [-0.15, -0.1) is 13.2 Å². The van der Waals surface area contributed by atoms with Crippen molar-refractivity contribution in [2.75, 3.05) is 13.7 Å². The van der Waals surface area contributed by atoms with E-state index in [1.807, 2.05) is 0 Å². The van der Waals surface area contributed by atoms with E-state index >= 15 is 0 Å². The molecule has 2 heterocycles. The number of alkyl halides is 3. The molecule has 0 unspecified atom stereocenters. The zero-order valence-electron chi connectivity index (χ0n) is 13.1. The summed E-state index contributed by atoms with van der Waals surface area (Å²) in [5.74, 6) is -1.25. The molecule has 1 aliphatic rings. The van der Waals surface area contributed by atoms with Crippen LogP contribution in [0.2, 0.25) is 0 Å². The van der Waals surface area contributed by atoms with Gasteiger partial charge in [0, 0.05) is 12.5 Å². The summed E-state index contributed by atoms with van der Waals surface area (Å²) in [6.45, 7) is 0.237. The van der Waals surface area contributed by atoms with Crippen molar-refractivity contribution in [1.29, 1.82) is 0 Å². The van der Waals surface area contributed by atoms with Crippen molar-refractivity contribution in [2.24, 2.45) is 5.73 Å². The minimum absolute atomic E-state index is 0.237. The minimum Gasteiger partial charge on any atom is -0.495 e. The fourth-order valence-electron chi connectivity index (χ4n) is 2.69. The quantitative estimate of drug-likeness (QED) is 0.854. The van der Waals surface area contributed by atoms with Gasteiger partial charge >= 0.3 is 6.36 Å². The first kappa shape index (κ1) is 17.3. The number of nitrogens with zero attached hydrogens (tertiary/aromatic N) is 1. The largest absolute Gasteiger partial charge is 0.573 e. The second kappa shape index (κ2) is 6.07. The lowest BCUT2D eigenvalue weighted by atomic mass is 9.82. The number of halogens is 4. The van der Waals surface area contributed by atoms with E-state index < -0.39 is 23.5 Å². The molecule has 9 heteroatoms. The van der Waals surface area contributed by atoms with Crippen LogP contribution in [0.25, 0.3) is 0 Å². The summed E-state index contributed by atoms with van der Waals surface area (Å²) >= 11 is 0. The van der Waals surface area contributed by atoms with Crippen molar-refractivity contribution in [3.8, 4) is 17.2 Å². The standard InChI is InChI=1S/C16H14F4N2O3/c1-23-10-7-13-14(22-8-10)15(21,4-5-24-13)9-2-3-12(11(17)6-9)25-16(18,19)20/h2-3,6-8H,4-5,21H2,1H3/t15-/m0/s1. The van der Waals surface area contributed by atoms with Crippen molar-refractivity contribution >= 4 is 0 Å². The van der Waals surface area contributed by atoms with Crippen LogP contribution in [0.4, 0.5) is 17.6 Å². The Morgan fingerprint density at radius 3 is 2.68 bits per heavy atom. The molecule has 134 valence electrons. The molecule has 2 aromatic rings. The number of rotatable bonds is 3. The predicted molar refractivity (Wildman–Crippen MR) is 79.0 cm³/mol. The average molecular weight is 358 g/mol. The molecule has 1 aromatic carbocycles. The number of benzene rings is 1. The Morgan fingerprint density at radius 1 is 1.28 bits per heavy atom. The van der Waals surface area contributed by atoms with E-state index in [-0.39, 0.29) is 18.6 Å². The molecule has 0 bridgehead atoms. The molecule has 0 aliphatic carbocycles. The number of aromatic nitrogens is 1. The van der Waals surface area contributed by atoms with Crippen LogP contribution >= 0.6 is 0 Å². The van der Waals surface area contributed by atoms with Crippen LogP contribution in [0.3, 0.4) is 0 Å². The van der Waals surface area contributed by atoms with Crippen LogP contribution < -0.4 is 19.9 Å². The molecule has 1 atom stereocenters. The second-order valence-electron chi connectivity index (χ2n) is 5.48. The first-order chi connectivity index (χ1) is 11.7. The first-order valence-corrected chi connectivity index (χ1v) is 7.25. The van der Waals surface area contributed by atoms with E-state index in [1.165, 1.54) is 19.4 Å². The minimum atomic E-state index is -4.98. The van der Waals surface area contributed by atoms with Crippen LogP contribution in [0.15, 0.2) is 30.5 Å². The first-order valence-electron chi connectivity index (χ1n) is 7.25. The number of hydrogen-bond donors (Lipinski definition) is 1. The Labute approximate surface area is 140 Å². The molecular weight excluding hydrogens is 344 g/mol. The Hall–Kier alpha value is -2.55. The summed E-state index contributed by atoms with van der Waals surface area (Å²) in [5.41, 5.74) is 5.82. The van der Waals surface area contributed by atoms with E-state index in [0.717, 1.165) is 12.1 Å². The van der Waals surface area contributed by atoms with Gasteiger partial charge in [-0.1, -0.05) is 6.07 Å². The maximum Gasteiger partial charge on any atom is 0.573 e. The third kappa shape index (κ3) is 3.32. The smallest absolute Gasteiger partial charge is 0.495 e. The van der Waals surface area contributed by atoms with Crippen LogP contribution in [0, 0.1) is 5.82 Å². The molecule has 2 N–H and O–H groups in total. The Morgan fingerprint density at radius 2 is 2.04 bits per heavy atom. The molecule has 5 nitrogen and oxygen atoms in total. The van der Waals surface area contributed by atoms with Crippen molar-refractivity contribution < 1.29 is 31.8 Å². The van der Waals surface area contributed by atoms with Crippen LogP contribution in [0.5, 0.6) is 17.2 Å². The topological polar surface area (TPSA) is 66.6 Å². The number of hydrogen-bond acceptors (Lipinski definition) is 5. The van der Waals surface area contributed by atoms with Crippen molar-refractivity contribution in [2.45, 2.75) is 18.3 Å². The highest BCUT2D eigenvalue weighted by molar-refractivity contribution is 5.47. The van der Waals surface area contributed by atoms with E-state index in [2.05, 4.69) is 9.72 Å². The SMILES string of the molecule is COc1cnc2c(c1)OCC[C@]2(N)c1ccc(OC(F)(F)F)c(F)c1. The zero-order valence-corrected chi connectivity index (χ0v) is 13.1. The summed E-state index contributed by atoms with van der Waals surface area (Å²) < 4.78 is 65.1. The summed E-state index contributed by atoms with van der Waals surface area (Å²) in [6.07, 6.45) is -3.27. The molecule has 0 fully saturated rings. The molecule has 0 saturated heterocycles. The van der Waals surface area contributed by atoms with Crippen LogP contribution in [0.1, 0.15) is 17.7 Å². The van der Waals surface area contributed by atoms with Gasteiger partial charge < -0.3 is 19.9 Å². The second-order valence-corrected chi connectivity index (χ2v) is 5.48. The Balaban J connectivity index is 2.01. The number of nitrogens with two attached hydrogens (primary N) is 1.